The van der Waals surface area contributed by atoms with Crippen molar-refractivity contribution in [1.82, 2.24) is 15.7 Å². The van der Waals surface area contributed by atoms with E-state index in [2.05, 4.69) is 10.6 Å². The van der Waals surface area contributed by atoms with E-state index in [1.54, 1.807) is 6.08 Å². The van der Waals surface area contributed by atoms with Crippen molar-refractivity contribution in [3.63, 3.8) is 0 Å². The van der Waals surface area contributed by atoms with Gasteiger partial charge in [-0.05, 0) is 35.3 Å². The van der Waals surface area contributed by atoms with E-state index < -0.39 is 71.6 Å². The topological polar surface area (TPSA) is 185 Å². The minimum absolute atomic E-state index is 0.0479. The summed E-state index contributed by atoms with van der Waals surface area (Å²) in [6.07, 6.45) is -0.336. The molecule has 0 unspecified atom stereocenters. The second-order valence-electron chi connectivity index (χ2n) is 13.3. The van der Waals surface area contributed by atoms with Crippen LogP contribution < -0.4 is 10.6 Å². The molecule has 3 heterocycles. The van der Waals surface area contributed by atoms with Gasteiger partial charge in [0, 0.05) is 25.8 Å². The number of carbonyl (C=O) groups excluding carboxylic acids is 3. The zero-order valence-corrected chi connectivity index (χ0v) is 27.0. The summed E-state index contributed by atoms with van der Waals surface area (Å²) in [5.74, 6) is -3.02. The van der Waals surface area contributed by atoms with Crippen LogP contribution >= 0.6 is 0 Å². The maximum atomic E-state index is 14.6. The third kappa shape index (κ3) is 6.01. The number of fused-ring (bicyclic) bond motifs is 5. The first kappa shape index (κ1) is 33.6. The molecular formula is C35H41N3O11. The fourth-order valence-electron chi connectivity index (χ4n) is 7.89. The lowest BCUT2D eigenvalue weighted by Crippen LogP contribution is -2.71. The minimum Gasteiger partial charge on any atom is -0.499 e. The molecule has 3 saturated heterocycles. The van der Waals surface area contributed by atoms with E-state index in [-0.39, 0.29) is 39.3 Å². The third-order valence-electron chi connectivity index (χ3n) is 10.1. The van der Waals surface area contributed by atoms with Gasteiger partial charge in [-0.2, -0.15) is 5.06 Å². The average molecular weight is 680 g/mol. The quantitative estimate of drug-likeness (QED) is 0.113. The van der Waals surface area contributed by atoms with Crippen LogP contribution in [0.2, 0.25) is 0 Å². The molecule has 14 nitrogen and oxygen atoms in total. The van der Waals surface area contributed by atoms with Gasteiger partial charge in [0.25, 0.3) is 0 Å². The van der Waals surface area contributed by atoms with Crippen LogP contribution in [0, 0.1) is 5.41 Å². The summed E-state index contributed by atoms with van der Waals surface area (Å²) in [5, 5.41) is 35.3. The second-order valence-corrected chi connectivity index (χ2v) is 13.3. The number of hydrogen-bond donors (Lipinski definition) is 5. The lowest BCUT2D eigenvalue weighted by Gasteiger charge is -2.49. The molecule has 2 amide bonds. The lowest BCUT2D eigenvalue weighted by molar-refractivity contribution is -0.217. The maximum absolute atomic E-state index is 14.6. The van der Waals surface area contributed by atoms with Crippen molar-refractivity contribution in [3.8, 4) is 0 Å². The predicted octanol–water partition coefficient (Wildman–Crippen LogP) is -0.281. The van der Waals surface area contributed by atoms with Gasteiger partial charge in [0.2, 0.25) is 11.8 Å². The molecule has 2 aromatic carbocycles. The second kappa shape index (κ2) is 13.4. The van der Waals surface area contributed by atoms with Gasteiger partial charge >= 0.3 is 5.97 Å². The van der Waals surface area contributed by atoms with Gasteiger partial charge in [0.1, 0.15) is 42.5 Å². The normalized spacial score (nSPS) is 30.4. The average Bonchev–Trinajstić information content (AvgIpc) is 3.76. The van der Waals surface area contributed by atoms with Crippen LogP contribution in [0.1, 0.15) is 35.6 Å². The SMILES string of the molecule is C[C@H](O)[C@@H](NC(=O)[C@@]12C[C@H]3OC(=O)[C@@H]1N(Cc1ccc(C=COCCO)cc1)O[C@@H]2[C@H]1OC2(Cc4ccccc4C2)O[C@H]13)C(=O)NCCO. The number of aliphatic hydroxyl groups excluding tert-OH is 3. The van der Waals surface area contributed by atoms with Crippen LogP contribution in [0.4, 0.5) is 0 Å². The van der Waals surface area contributed by atoms with Crippen LogP contribution in [-0.2, 0) is 57.6 Å². The Kier molecular flexibility index (Phi) is 9.21. The fraction of sp³-hybridized carbons (Fsp3) is 0.514. The van der Waals surface area contributed by atoms with Gasteiger partial charge < -0.3 is 44.9 Å². The smallest absolute Gasteiger partial charge is 0.327 e. The Bertz CT molecular complexity index is 1570. The van der Waals surface area contributed by atoms with E-state index in [1.807, 2.05) is 48.5 Å². The maximum Gasteiger partial charge on any atom is 0.327 e. The number of benzene rings is 2. The number of aliphatic hydroxyl groups is 3. The molecule has 5 N–H and O–H groups in total. The van der Waals surface area contributed by atoms with E-state index in [9.17, 15) is 24.6 Å². The van der Waals surface area contributed by atoms with Crippen LogP contribution in [0.3, 0.4) is 0 Å². The fourth-order valence-corrected chi connectivity index (χ4v) is 7.89. The van der Waals surface area contributed by atoms with E-state index >= 15 is 0 Å². The molecule has 3 aliphatic heterocycles. The molecule has 49 heavy (non-hydrogen) atoms. The summed E-state index contributed by atoms with van der Waals surface area (Å²) in [6, 6.07) is 12.8. The van der Waals surface area contributed by atoms with Crippen molar-refractivity contribution >= 4 is 23.9 Å². The number of ether oxygens (including phenoxy) is 4. The molecule has 4 fully saturated rings. The van der Waals surface area contributed by atoms with Crippen molar-refractivity contribution in [2.75, 3.05) is 26.4 Å². The van der Waals surface area contributed by atoms with E-state index in [0.29, 0.717) is 12.8 Å². The van der Waals surface area contributed by atoms with Crippen LogP contribution in [0.25, 0.3) is 6.08 Å². The highest BCUT2D eigenvalue weighted by Crippen LogP contribution is 2.58. The summed E-state index contributed by atoms with van der Waals surface area (Å²) < 4.78 is 24.6. The zero-order valence-electron chi connectivity index (χ0n) is 27.0. The molecule has 14 heteroatoms. The summed E-state index contributed by atoms with van der Waals surface area (Å²) in [6.45, 7) is 1.20. The first-order valence-electron chi connectivity index (χ1n) is 16.6. The summed E-state index contributed by atoms with van der Waals surface area (Å²) in [4.78, 5) is 48.1. The number of nitrogens with zero attached hydrogens (tertiary/aromatic N) is 1. The number of hydroxylamine groups is 2. The Hall–Kier alpha value is -3.89. The molecule has 0 radical (unpaired) electrons. The minimum atomic E-state index is -1.56. The van der Waals surface area contributed by atoms with Crippen molar-refractivity contribution < 1.29 is 53.5 Å². The molecule has 1 saturated carbocycles. The summed E-state index contributed by atoms with van der Waals surface area (Å²) in [7, 11) is 0. The Balaban J connectivity index is 1.20. The van der Waals surface area contributed by atoms with Crippen LogP contribution in [0.5, 0.6) is 0 Å². The Morgan fingerprint density at radius 3 is 2.45 bits per heavy atom. The highest BCUT2D eigenvalue weighted by Gasteiger charge is 2.76. The molecule has 2 aromatic rings. The number of hydrogen-bond acceptors (Lipinski definition) is 12. The Labute approximate surface area is 282 Å². The van der Waals surface area contributed by atoms with Crippen LogP contribution in [0.15, 0.2) is 54.8 Å². The van der Waals surface area contributed by atoms with E-state index in [4.69, 9.17) is 28.9 Å². The number of amides is 2. The van der Waals surface area contributed by atoms with Gasteiger partial charge in [-0.25, -0.2) is 0 Å². The van der Waals surface area contributed by atoms with E-state index in [0.717, 1.165) is 22.3 Å². The first-order chi connectivity index (χ1) is 23.7. The molecule has 7 rings (SSSR count). The van der Waals surface area contributed by atoms with Crippen molar-refractivity contribution in [1.29, 1.82) is 0 Å². The monoisotopic (exact) mass is 679 g/mol. The number of carbonyl (C=O) groups is 3. The highest BCUT2D eigenvalue weighted by molar-refractivity contribution is 5.96. The lowest BCUT2D eigenvalue weighted by atomic mass is 9.62. The molecule has 262 valence electrons. The van der Waals surface area contributed by atoms with E-state index in [1.165, 1.54) is 18.2 Å². The number of esters is 1. The summed E-state index contributed by atoms with van der Waals surface area (Å²) >= 11 is 0. The number of rotatable bonds is 12. The Morgan fingerprint density at radius 1 is 1.06 bits per heavy atom. The highest BCUT2D eigenvalue weighted by atomic mass is 16.8. The summed E-state index contributed by atoms with van der Waals surface area (Å²) in [5.41, 5.74) is 2.25. The van der Waals surface area contributed by atoms with Gasteiger partial charge in [-0.15, -0.1) is 0 Å². The van der Waals surface area contributed by atoms with Gasteiger partial charge in [-0.3, -0.25) is 19.2 Å². The molecule has 5 aliphatic rings. The van der Waals surface area contributed by atoms with Crippen molar-refractivity contribution in [3.05, 3.63) is 77.0 Å². The van der Waals surface area contributed by atoms with Crippen molar-refractivity contribution in [2.45, 2.75) is 81.1 Å². The largest absolute Gasteiger partial charge is 0.499 e. The zero-order chi connectivity index (χ0) is 34.3. The molecule has 1 spiro atoms. The molecule has 2 aliphatic carbocycles. The third-order valence-corrected chi connectivity index (χ3v) is 10.1. The predicted molar refractivity (Wildman–Crippen MR) is 170 cm³/mol. The van der Waals surface area contributed by atoms with Gasteiger partial charge in [0.15, 0.2) is 11.8 Å². The van der Waals surface area contributed by atoms with Crippen molar-refractivity contribution in [2.24, 2.45) is 5.41 Å². The molecule has 2 bridgehead atoms. The van der Waals surface area contributed by atoms with Crippen LogP contribution in [-0.4, -0.2) is 113 Å². The molecular weight excluding hydrogens is 638 g/mol. The first-order valence-corrected chi connectivity index (χ1v) is 16.6. The molecule has 0 aromatic heterocycles. The standard InChI is InChI=1S/C35H41N3O11/c1-20(41)26(31(42)36-11-12-39)37-33(44)35-18-25-27-28(48-34(47-27)16-23-4-2-3-5-24(23)17-34)30(35)49-38(29(35)32(43)46-25)19-22-8-6-21(7-9-22)10-14-45-15-13-40/h2-10,14,20,25-30,39-41H,11-13,15-19H2,1H3,(H,36,42)(H,37,44)/t20-,25+,26+,27-,28-,29-,30+,35-/m0/s1. The van der Waals surface area contributed by atoms with Gasteiger partial charge in [0.05, 0.1) is 32.1 Å². The molecule has 8 atom stereocenters. The van der Waals surface area contributed by atoms with Gasteiger partial charge in [-0.1, -0.05) is 48.5 Å². The number of nitrogens with one attached hydrogen (secondary N) is 2. The Morgan fingerprint density at radius 2 is 1.78 bits per heavy atom.